The highest BCUT2D eigenvalue weighted by Gasteiger charge is 2.09. The molecule has 0 aliphatic heterocycles. The lowest BCUT2D eigenvalue weighted by molar-refractivity contribution is -0.839. The molecule has 0 atom stereocenters. The van der Waals surface area contributed by atoms with Crippen LogP contribution in [0.3, 0.4) is 0 Å². The Morgan fingerprint density at radius 2 is 1.80 bits per heavy atom. The molecule has 0 saturated carbocycles. The highest BCUT2D eigenvalue weighted by molar-refractivity contribution is 5.96. The molecular formula is C11H16ClNO2. The molecule has 0 aromatic heterocycles. The standard InChI is InChI=1S/C11H15NO2.ClH/c1-12(2,14)9-8-11(13)10-6-4-3-5-7-10;/h3-7H,8-9H2,1-2H3;1H. The van der Waals surface area contributed by atoms with Gasteiger partial charge < -0.3 is 9.85 Å². The summed E-state index contributed by atoms with van der Waals surface area (Å²) in [6, 6.07) is 9.06. The van der Waals surface area contributed by atoms with Crippen LogP contribution in [0.2, 0.25) is 0 Å². The molecule has 15 heavy (non-hydrogen) atoms. The van der Waals surface area contributed by atoms with Crippen LogP contribution >= 0.6 is 12.4 Å². The Morgan fingerprint density at radius 3 is 2.27 bits per heavy atom. The fraction of sp³-hybridized carbons (Fsp3) is 0.364. The zero-order chi connectivity index (χ0) is 10.6. The molecule has 4 heteroatoms. The summed E-state index contributed by atoms with van der Waals surface area (Å²) in [6.45, 7) is 0.327. The largest absolute Gasteiger partial charge is 0.633 e. The molecule has 3 nitrogen and oxygen atoms in total. The van der Waals surface area contributed by atoms with E-state index in [9.17, 15) is 10.0 Å². The summed E-state index contributed by atoms with van der Waals surface area (Å²) in [4.78, 5) is 11.5. The van der Waals surface area contributed by atoms with E-state index in [1.807, 2.05) is 18.2 Å². The van der Waals surface area contributed by atoms with Crippen LogP contribution in [0.5, 0.6) is 0 Å². The number of benzene rings is 1. The van der Waals surface area contributed by atoms with Gasteiger partial charge in [0.2, 0.25) is 0 Å². The first-order chi connectivity index (χ1) is 6.49. The molecule has 0 heterocycles. The molecule has 0 saturated heterocycles. The third-order valence-electron chi connectivity index (χ3n) is 1.97. The first-order valence-corrected chi connectivity index (χ1v) is 4.61. The summed E-state index contributed by atoms with van der Waals surface area (Å²) < 4.78 is -0.418. The summed E-state index contributed by atoms with van der Waals surface area (Å²) in [5.41, 5.74) is 0.681. The maximum atomic E-state index is 11.5. The minimum atomic E-state index is -0.418. The second-order valence-corrected chi connectivity index (χ2v) is 3.84. The van der Waals surface area contributed by atoms with E-state index in [2.05, 4.69) is 0 Å². The Kier molecular flexibility index (Phi) is 5.50. The Bertz CT molecular complexity index is 306. The topological polar surface area (TPSA) is 40.1 Å². The molecule has 1 rings (SSSR count). The van der Waals surface area contributed by atoms with E-state index in [0.717, 1.165) is 0 Å². The molecule has 0 N–H and O–H groups in total. The number of hydroxylamine groups is 3. The third-order valence-corrected chi connectivity index (χ3v) is 1.97. The van der Waals surface area contributed by atoms with E-state index in [1.165, 1.54) is 14.1 Å². The predicted octanol–water partition coefficient (Wildman–Crippen LogP) is 2.26. The van der Waals surface area contributed by atoms with Crippen LogP contribution in [0.15, 0.2) is 30.3 Å². The minimum Gasteiger partial charge on any atom is -0.633 e. The number of halogens is 1. The van der Waals surface area contributed by atoms with Crippen molar-refractivity contribution in [2.24, 2.45) is 0 Å². The zero-order valence-electron chi connectivity index (χ0n) is 8.97. The highest BCUT2D eigenvalue weighted by Crippen LogP contribution is 2.05. The number of hydrogen-bond acceptors (Lipinski definition) is 2. The minimum absolute atomic E-state index is 0. The van der Waals surface area contributed by atoms with Crippen LogP contribution in [-0.4, -0.2) is 31.1 Å². The van der Waals surface area contributed by atoms with Crippen molar-refractivity contribution in [3.05, 3.63) is 41.1 Å². The quantitative estimate of drug-likeness (QED) is 0.451. The van der Waals surface area contributed by atoms with Gasteiger partial charge in [-0.2, -0.15) is 0 Å². The van der Waals surface area contributed by atoms with Gasteiger partial charge in [0.05, 0.1) is 27.1 Å². The molecule has 84 valence electrons. The van der Waals surface area contributed by atoms with Crippen LogP contribution in [0.25, 0.3) is 0 Å². The molecule has 0 unspecified atom stereocenters. The smallest absolute Gasteiger partial charge is 0.168 e. The lowest BCUT2D eigenvalue weighted by Crippen LogP contribution is -2.34. The fourth-order valence-corrected chi connectivity index (χ4v) is 1.14. The van der Waals surface area contributed by atoms with Crippen molar-refractivity contribution in [2.75, 3.05) is 20.6 Å². The summed E-state index contributed by atoms with van der Waals surface area (Å²) in [7, 11) is 3.08. The highest BCUT2D eigenvalue weighted by atomic mass is 35.5. The second kappa shape index (κ2) is 5.85. The van der Waals surface area contributed by atoms with Gasteiger partial charge in [0.15, 0.2) is 5.78 Å². The Labute approximate surface area is 96.3 Å². The molecule has 0 bridgehead atoms. The van der Waals surface area contributed by atoms with Gasteiger partial charge in [0.25, 0.3) is 0 Å². The maximum absolute atomic E-state index is 11.5. The number of nitrogens with zero attached hydrogens (tertiary/aromatic N) is 1. The van der Waals surface area contributed by atoms with Crippen LogP contribution in [0.1, 0.15) is 16.8 Å². The van der Waals surface area contributed by atoms with E-state index in [4.69, 9.17) is 0 Å². The van der Waals surface area contributed by atoms with Gasteiger partial charge in [0, 0.05) is 5.56 Å². The molecule has 0 aliphatic rings. The van der Waals surface area contributed by atoms with Crippen molar-refractivity contribution in [1.82, 2.24) is 0 Å². The number of hydrogen-bond donors (Lipinski definition) is 0. The van der Waals surface area contributed by atoms with Crippen molar-refractivity contribution >= 4 is 18.2 Å². The van der Waals surface area contributed by atoms with Crippen LogP contribution in [0.4, 0.5) is 0 Å². The number of Topliss-reactive ketones (excluding diaryl/α,β-unsaturated/α-hetero) is 1. The van der Waals surface area contributed by atoms with E-state index in [1.54, 1.807) is 12.1 Å². The maximum Gasteiger partial charge on any atom is 0.168 e. The van der Waals surface area contributed by atoms with Crippen molar-refractivity contribution in [2.45, 2.75) is 6.42 Å². The van der Waals surface area contributed by atoms with Gasteiger partial charge in [-0.3, -0.25) is 4.79 Å². The lowest BCUT2D eigenvalue weighted by atomic mass is 10.1. The molecule has 0 aliphatic carbocycles. The normalized spacial score (nSPS) is 10.6. The number of ketones is 1. The summed E-state index contributed by atoms with van der Waals surface area (Å²) in [5, 5.41) is 11.2. The van der Waals surface area contributed by atoms with Crippen LogP contribution in [-0.2, 0) is 0 Å². The molecular weight excluding hydrogens is 214 g/mol. The third kappa shape index (κ3) is 5.52. The summed E-state index contributed by atoms with van der Waals surface area (Å²) in [5.74, 6) is 0.0349. The van der Waals surface area contributed by atoms with Gasteiger partial charge in [-0.1, -0.05) is 30.3 Å². The summed E-state index contributed by atoms with van der Waals surface area (Å²) in [6.07, 6.45) is 0.306. The van der Waals surface area contributed by atoms with Crippen LogP contribution < -0.4 is 0 Å². The molecule has 0 fully saturated rings. The number of quaternary nitrogens is 1. The monoisotopic (exact) mass is 229 g/mol. The van der Waals surface area contributed by atoms with Gasteiger partial charge in [-0.05, 0) is 0 Å². The Morgan fingerprint density at radius 1 is 1.27 bits per heavy atom. The van der Waals surface area contributed by atoms with E-state index < -0.39 is 4.65 Å². The Balaban J connectivity index is 0.00000196. The van der Waals surface area contributed by atoms with Gasteiger partial charge in [-0.15, -0.1) is 12.4 Å². The van der Waals surface area contributed by atoms with E-state index in [0.29, 0.717) is 18.5 Å². The molecule has 1 aromatic rings. The molecule has 1 aromatic carbocycles. The number of carbonyl (C=O) groups is 1. The van der Waals surface area contributed by atoms with Gasteiger partial charge in [-0.25, -0.2) is 0 Å². The average molecular weight is 230 g/mol. The van der Waals surface area contributed by atoms with Gasteiger partial charge >= 0.3 is 0 Å². The van der Waals surface area contributed by atoms with Crippen molar-refractivity contribution in [3.8, 4) is 0 Å². The first kappa shape index (κ1) is 14.1. The molecule has 0 spiro atoms. The van der Waals surface area contributed by atoms with Crippen molar-refractivity contribution < 1.29 is 9.44 Å². The van der Waals surface area contributed by atoms with E-state index >= 15 is 0 Å². The van der Waals surface area contributed by atoms with Gasteiger partial charge in [0.1, 0.15) is 0 Å². The fourth-order valence-electron chi connectivity index (χ4n) is 1.14. The van der Waals surface area contributed by atoms with Crippen molar-refractivity contribution in [3.63, 3.8) is 0 Å². The zero-order valence-corrected chi connectivity index (χ0v) is 9.79. The lowest BCUT2D eigenvalue weighted by Gasteiger charge is -2.33. The number of rotatable bonds is 4. The Hall–Kier alpha value is -0.900. The summed E-state index contributed by atoms with van der Waals surface area (Å²) >= 11 is 0. The molecule has 0 radical (unpaired) electrons. The van der Waals surface area contributed by atoms with E-state index in [-0.39, 0.29) is 18.2 Å². The van der Waals surface area contributed by atoms with Crippen LogP contribution in [0, 0.1) is 5.21 Å². The molecule has 0 amide bonds. The second-order valence-electron chi connectivity index (χ2n) is 3.84. The number of carbonyl (C=O) groups excluding carboxylic acids is 1. The van der Waals surface area contributed by atoms with Crippen molar-refractivity contribution in [1.29, 1.82) is 0 Å². The predicted molar refractivity (Wildman–Crippen MR) is 63.0 cm³/mol. The SMILES string of the molecule is C[N+](C)([O-])CCC(=O)c1ccccc1.Cl. The average Bonchev–Trinajstić information content (AvgIpc) is 2.14. The first-order valence-electron chi connectivity index (χ1n) is 4.61.